The molecule has 0 spiro atoms. The number of carbonyl (C=O) groups is 2. The molecular weight excluding hydrogens is 262 g/mol. The molecule has 1 N–H and O–H groups in total. The molecule has 0 radical (unpaired) electrons. The molecule has 0 bridgehead atoms. The number of piperidine rings is 1. The van der Waals surface area contributed by atoms with E-state index in [1.165, 1.54) is 0 Å². The van der Waals surface area contributed by atoms with Gasteiger partial charge in [0.2, 0.25) is 0 Å². The number of amides is 1. The predicted octanol–water partition coefficient (Wildman–Crippen LogP) is 2.69. The Bertz CT molecular complexity index is 509. The minimum Gasteiger partial charge on any atom is -0.481 e. The molecule has 0 aliphatic carbocycles. The van der Waals surface area contributed by atoms with Crippen LogP contribution in [0.1, 0.15) is 40.6 Å². The molecule has 1 aliphatic heterocycles. The Morgan fingerprint density at radius 1 is 1.37 bits per heavy atom. The maximum absolute atomic E-state index is 12.6. The van der Waals surface area contributed by atoms with Crippen molar-refractivity contribution in [2.75, 3.05) is 6.54 Å². The molecule has 1 saturated heterocycles. The molecule has 19 heavy (non-hydrogen) atoms. The minimum atomic E-state index is -0.803. The van der Waals surface area contributed by atoms with E-state index in [9.17, 15) is 9.59 Å². The van der Waals surface area contributed by atoms with E-state index in [1.54, 1.807) is 16.2 Å². The maximum atomic E-state index is 12.6. The van der Waals surface area contributed by atoms with Gasteiger partial charge in [0.25, 0.3) is 5.91 Å². The second kappa shape index (κ2) is 5.33. The largest absolute Gasteiger partial charge is 0.481 e. The van der Waals surface area contributed by atoms with E-state index in [4.69, 9.17) is 5.11 Å². The molecule has 2 unspecified atom stereocenters. The van der Waals surface area contributed by atoms with Crippen molar-refractivity contribution in [3.8, 4) is 0 Å². The predicted molar refractivity (Wildman–Crippen MR) is 74.7 cm³/mol. The van der Waals surface area contributed by atoms with Crippen LogP contribution in [0.3, 0.4) is 0 Å². The van der Waals surface area contributed by atoms with Gasteiger partial charge in [0.05, 0.1) is 11.5 Å². The van der Waals surface area contributed by atoms with Crippen molar-refractivity contribution in [1.82, 2.24) is 4.90 Å². The zero-order chi connectivity index (χ0) is 14.2. The Morgan fingerprint density at radius 3 is 2.58 bits per heavy atom. The topological polar surface area (TPSA) is 57.6 Å². The standard InChI is InChI=1S/C14H19NO3S/c1-8-4-5-11(14(17)18)6-15(8)13(16)12-7-19-10(3)9(12)2/h7-8,11H,4-6H2,1-3H3,(H,17,18). The van der Waals surface area contributed by atoms with Crippen LogP contribution in [0.25, 0.3) is 0 Å². The Kier molecular flexibility index (Phi) is 3.94. The lowest BCUT2D eigenvalue weighted by Gasteiger charge is -2.36. The van der Waals surface area contributed by atoms with Crippen molar-refractivity contribution in [3.05, 3.63) is 21.4 Å². The fourth-order valence-corrected chi connectivity index (χ4v) is 3.33. The van der Waals surface area contributed by atoms with Gasteiger partial charge in [0, 0.05) is 22.8 Å². The summed E-state index contributed by atoms with van der Waals surface area (Å²) in [6, 6.07) is 0.114. The van der Waals surface area contributed by atoms with Gasteiger partial charge in [0.15, 0.2) is 0 Å². The average Bonchev–Trinajstić information content (AvgIpc) is 2.69. The van der Waals surface area contributed by atoms with Crippen LogP contribution in [0.15, 0.2) is 5.38 Å². The van der Waals surface area contributed by atoms with Crippen LogP contribution in [0.4, 0.5) is 0 Å². The molecule has 2 rings (SSSR count). The van der Waals surface area contributed by atoms with Gasteiger partial charge in [-0.3, -0.25) is 9.59 Å². The number of carbonyl (C=O) groups excluding carboxylic acids is 1. The normalized spacial score (nSPS) is 23.4. The zero-order valence-corrected chi connectivity index (χ0v) is 12.3. The van der Waals surface area contributed by atoms with Crippen molar-refractivity contribution >= 4 is 23.2 Å². The van der Waals surface area contributed by atoms with Crippen molar-refractivity contribution in [3.63, 3.8) is 0 Å². The van der Waals surface area contributed by atoms with E-state index in [0.717, 1.165) is 22.4 Å². The number of hydrogen-bond acceptors (Lipinski definition) is 3. The fourth-order valence-electron chi connectivity index (χ4n) is 2.47. The first-order valence-electron chi connectivity index (χ1n) is 6.50. The van der Waals surface area contributed by atoms with Gasteiger partial charge in [0.1, 0.15) is 0 Å². The highest BCUT2D eigenvalue weighted by Crippen LogP contribution is 2.27. The third-order valence-electron chi connectivity index (χ3n) is 4.01. The van der Waals surface area contributed by atoms with Crippen LogP contribution in [0.5, 0.6) is 0 Å². The molecule has 1 aromatic heterocycles. The second-order valence-corrected chi connectivity index (χ2v) is 6.33. The molecule has 5 heteroatoms. The lowest BCUT2D eigenvalue weighted by Crippen LogP contribution is -2.47. The highest BCUT2D eigenvalue weighted by atomic mass is 32.1. The number of thiophene rings is 1. The van der Waals surface area contributed by atoms with Crippen molar-refractivity contribution < 1.29 is 14.7 Å². The van der Waals surface area contributed by atoms with Gasteiger partial charge in [-0.2, -0.15) is 0 Å². The van der Waals surface area contributed by atoms with Crippen LogP contribution < -0.4 is 0 Å². The summed E-state index contributed by atoms with van der Waals surface area (Å²) >= 11 is 1.57. The van der Waals surface area contributed by atoms with Crippen LogP contribution in [0, 0.1) is 19.8 Å². The van der Waals surface area contributed by atoms with Gasteiger partial charge < -0.3 is 10.0 Å². The maximum Gasteiger partial charge on any atom is 0.308 e. The number of carboxylic acids is 1. The number of aryl methyl sites for hydroxylation is 1. The number of hydrogen-bond donors (Lipinski definition) is 1. The minimum absolute atomic E-state index is 0.0275. The summed E-state index contributed by atoms with van der Waals surface area (Å²) in [6.45, 7) is 6.26. The highest BCUT2D eigenvalue weighted by Gasteiger charge is 2.33. The zero-order valence-electron chi connectivity index (χ0n) is 11.5. The summed E-state index contributed by atoms with van der Waals surface area (Å²) in [4.78, 5) is 26.5. The number of carboxylic acid groups (broad SMARTS) is 1. The van der Waals surface area contributed by atoms with Gasteiger partial charge in [-0.1, -0.05) is 0 Å². The number of likely N-dealkylation sites (tertiary alicyclic amines) is 1. The molecule has 0 aromatic carbocycles. The lowest BCUT2D eigenvalue weighted by atomic mass is 9.93. The Balaban J connectivity index is 2.21. The van der Waals surface area contributed by atoms with Gasteiger partial charge in [-0.25, -0.2) is 0 Å². The summed E-state index contributed by atoms with van der Waals surface area (Å²) in [5.41, 5.74) is 1.74. The Hall–Kier alpha value is -1.36. The van der Waals surface area contributed by atoms with E-state index >= 15 is 0 Å². The third-order valence-corrected chi connectivity index (χ3v) is 5.02. The molecule has 1 amide bonds. The van der Waals surface area contributed by atoms with E-state index in [-0.39, 0.29) is 11.9 Å². The molecule has 2 heterocycles. The van der Waals surface area contributed by atoms with Gasteiger partial charge in [-0.15, -0.1) is 11.3 Å². The summed E-state index contributed by atoms with van der Waals surface area (Å²) in [6.07, 6.45) is 1.41. The molecule has 1 aliphatic rings. The first kappa shape index (κ1) is 14.1. The summed E-state index contributed by atoms with van der Waals surface area (Å²) in [7, 11) is 0. The molecule has 1 fully saturated rings. The molecule has 104 valence electrons. The molecule has 4 nitrogen and oxygen atoms in total. The first-order valence-corrected chi connectivity index (χ1v) is 7.38. The average molecular weight is 281 g/mol. The van der Waals surface area contributed by atoms with E-state index in [0.29, 0.717) is 13.0 Å². The number of nitrogens with zero attached hydrogens (tertiary/aromatic N) is 1. The van der Waals surface area contributed by atoms with Gasteiger partial charge in [-0.05, 0) is 39.2 Å². The van der Waals surface area contributed by atoms with E-state index < -0.39 is 11.9 Å². The lowest BCUT2D eigenvalue weighted by molar-refractivity contribution is -0.143. The van der Waals surface area contributed by atoms with Crippen LogP contribution >= 0.6 is 11.3 Å². The first-order chi connectivity index (χ1) is 8.91. The van der Waals surface area contributed by atoms with Crippen molar-refractivity contribution in [2.24, 2.45) is 5.92 Å². The Labute approximate surface area is 117 Å². The Morgan fingerprint density at radius 2 is 2.05 bits per heavy atom. The van der Waals surface area contributed by atoms with Crippen LogP contribution in [0.2, 0.25) is 0 Å². The monoisotopic (exact) mass is 281 g/mol. The number of aliphatic carboxylic acids is 1. The smallest absolute Gasteiger partial charge is 0.308 e. The molecule has 0 saturated carbocycles. The van der Waals surface area contributed by atoms with Gasteiger partial charge >= 0.3 is 5.97 Å². The second-order valence-electron chi connectivity index (χ2n) is 5.25. The summed E-state index contributed by atoms with van der Waals surface area (Å²) < 4.78 is 0. The van der Waals surface area contributed by atoms with Crippen molar-refractivity contribution in [1.29, 1.82) is 0 Å². The van der Waals surface area contributed by atoms with Crippen molar-refractivity contribution in [2.45, 2.75) is 39.7 Å². The van der Waals surface area contributed by atoms with Crippen LogP contribution in [-0.4, -0.2) is 34.5 Å². The summed E-state index contributed by atoms with van der Waals surface area (Å²) in [5.74, 6) is -1.26. The fraction of sp³-hybridized carbons (Fsp3) is 0.571. The van der Waals surface area contributed by atoms with Crippen LogP contribution in [-0.2, 0) is 4.79 Å². The molecule has 1 aromatic rings. The molecular formula is C14H19NO3S. The van der Waals surface area contributed by atoms with E-state index in [2.05, 4.69) is 0 Å². The quantitative estimate of drug-likeness (QED) is 0.906. The van der Waals surface area contributed by atoms with E-state index in [1.807, 2.05) is 26.2 Å². The number of rotatable bonds is 2. The highest BCUT2D eigenvalue weighted by molar-refractivity contribution is 7.10. The molecule has 2 atom stereocenters. The summed E-state index contributed by atoms with van der Waals surface area (Å²) in [5, 5.41) is 11.0. The SMILES string of the molecule is Cc1scc(C(=O)N2CC(C(=O)O)CCC2C)c1C. The third kappa shape index (κ3) is 2.66.